The SMILES string of the molecule is CCN(N=O)C(=O)NCCN(C)C. The maximum atomic E-state index is 11.1. The molecule has 0 aliphatic rings. The van der Waals surface area contributed by atoms with Crippen LogP contribution in [0.1, 0.15) is 6.92 Å². The van der Waals surface area contributed by atoms with E-state index in [2.05, 4.69) is 10.6 Å². The highest BCUT2D eigenvalue weighted by atomic mass is 16.3. The summed E-state index contributed by atoms with van der Waals surface area (Å²) in [5.74, 6) is 0. The summed E-state index contributed by atoms with van der Waals surface area (Å²) < 4.78 is 0. The van der Waals surface area contributed by atoms with Crippen LogP contribution in [0.25, 0.3) is 0 Å². The van der Waals surface area contributed by atoms with Gasteiger partial charge in [-0.15, -0.1) is 4.91 Å². The first-order chi connectivity index (χ1) is 6.11. The summed E-state index contributed by atoms with van der Waals surface area (Å²) in [6.07, 6.45) is 0. The number of carbonyl (C=O) groups excluding carboxylic acids is 1. The Morgan fingerprint density at radius 3 is 2.46 bits per heavy atom. The Bertz CT molecular complexity index is 172. The second-order valence-corrected chi connectivity index (χ2v) is 2.83. The largest absolute Gasteiger partial charge is 0.340 e. The number of hydrogen-bond donors (Lipinski definition) is 1. The number of likely N-dealkylation sites (N-methyl/N-ethyl adjacent to an activating group) is 1. The molecule has 0 fully saturated rings. The van der Waals surface area contributed by atoms with Crippen molar-refractivity contribution in [3.63, 3.8) is 0 Å². The molecule has 0 aliphatic heterocycles. The van der Waals surface area contributed by atoms with Crippen molar-refractivity contribution in [3.8, 4) is 0 Å². The Labute approximate surface area is 77.8 Å². The lowest BCUT2D eigenvalue weighted by molar-refractivity contribution is 0.201. The fourth-order valence-corrected chi connectivity index (χ4v) is 0.716. The summed E-state index contributed by atoms with van der Waals surface area (Å²) in [6, 6.07) is -0.445. The van der Waals surface area contributed by atoms with Crippen LogP contribution in [0.15, 0.2) is 5.29 Å². The van der Waals surface area contributed by atoms with Gasteiger partial charge >= 0.3 is 6.03 Å². The second kappa shape index (κ2) is 6.36. The van der Waals surface area contributed by atoms with Crippen LogP contribution in [-0.4, -0.2) is 49.7 Å². The molecule has 0 saturated carbocycles. The molecule has 1 N–H and O–H groups in total. The van der Waals surface area contributed by atoms with E-state index in [0.717, 1.165) is 11.6 Å². The predicted molar refractivity (Wildman–Crippen MR) is 50.1 cm³/mol. The molecular formula is C7H16N4O2. The number of urea groups is 1. The molecule has 0 rings (SSSR count). The first-order valence-electron chi connectivity index (χ1n) is 4.15. The molecule has 0 heterocycles. The highest BCUT2D eigenvalue weighted by Crippen LogP contribution is 1.88. The van der Waals surface area contributed by atoms with Crippen LogP contribution in [-0.2, 0) is 0 Å². The molecule has 13 heavy (non-hydrogen) atoms. The van der Waals surface area contributed by atoms with E-state index in [9.17, 15) is 9.70 Å². The van der Waals surface area contributed by atoms with E-state index in [1.54, 1.807) is 6.92 Å². The minimum atomic E-state index is -0.445. The Morgan fingerprint density at radius 2 is 2.08 bits per heavy atom. The molecule has 0 bridgehead atoms. The third-order valence-corrected chi connectivity index (χ3v) is 1.47. The zero-order valence-electron chi connectivity index (χ0n) is 8.28. The summed E-state index contributed by atoms with van der Waals surface area (Å²) in [4.78, 5) is 23.1. The maximum absolute atomic E-state index is 11.1. The second-order valence-electron chi connectivity index (χ2n) is 2.83. The quantitative estimate of drug-likeness (QED) is 0.497. The van der Waals surface area contributed by atoms with E-state index in [4.69, 9.17) is 0 Å². The zero-order chi connectivity index (χ0) is 10.3. The topological polar surface area (TPSA) is 65.0 Å². The number of carbonyl (C=O) groups is 1. The Kier molecular flexibility index (Phi) is 5.79. The molecule has 0 radical (unpaired) electrons. The smallest absolute Gasteiger partial charge is 0.335 e. The van der Waals surface area contributed by atoms with E-state index in [-0.39, 0.29) is 6.54 Å². The van der Waals surface area contributed by atoms with Crippen molar-refractivity contribution < 1.29 is 4.79 Å². The van der Waals surface area contributed by atoms with Crippen LogP contribution in [0.4, 0.5) is 4.79 Å². The lowest BCUT2D eigenvalue weighted by atomic mass is 10.6. The van der Waals surface area contributed by atoms with Crippen molar-refractivity contribution in [2.24, 2.45) is 5.29 Å². The molecule has 6 nitrogen and oxygen atoms in total. The molecule has 76 valence electrons. The van der Waals surface area contributed by atoms with E-state index in [1.165, 1.54) is 0 Å². The van der Waals surface area contributed by atoms with Crippen molar-refractivity contribution in [1.29, 1.82) is 0 Å². The lowest BCUT2D eigenvalue weighted by Gasteiger charge is -2.13. The number of rotatable bonds is 5. The molecule has 0 spiro atoms. The molecule has 0 atom stereocenters. The normalized spacial score (nSPS) is 9.85. The highest BCUT2D eigenvalue weighted by molar-refractivity contribution is 5.73. The van der Waals surface area contributed by atoms with Crippen molar-refractivity contribution in [2.75, 3.05) is 33.7 Å². The van der Waals surface area contributed by atoms with Gasteiger partial charge in [0.15, 0.2) is 0 Å². The standard InChI is InChI=1S/C7H16N4O2/c1-4-11(9-13)7(12)8-5-6-10(2)3/h4-6H2,1-3H3,(H,8,12). The van der Waals surface area contributed by atoms with Gasteiger partial charge in [-0.05, 0) is 21.0 Å². The fraction of sp³-hybridized carbons (Fsp3) is 0.857. The van der Waals surface area contributed by atoms with Crippen molar-refractivity contribution >= 4 is 6.03 Å². The Hall–Kier alpha value is -1.17. The van der Waals surface area contributed by atoms with Crippen molar-refractivity contribution in [2.45, 2.75) is 6.92 Å². The third kappa shape index (κ3) is 5.13. The number of nitrogens with one attached hydrogen (secondary N) is 1. The van der Waals surface area contributed by atoms with Gasteiger partial charge in [-0.25, -0.2) is 4.79 Å². The number of nitroso groups, excluding NO2 is 1. The van der Waals surface area contributed by atoms with Gasteiger partial charge in [0.05, 0.1) is 5.29 Å². The van der Waals surface area contributed by atoms with E-state index in [0.29, 0.717) is 6.54 Å². The number of nitrogens with zero attached hydrogens (tertiary/aromatic N) is 3. The van der Waals surface area contributed by atoms with Crippen LogP contribution < -0.4 is 5.32 Å². The van der Waals surface area contributed by atoms with Crippen LogP contribution >= 0.6 is 0 Å². The first-order valence-corrected chi connectivity index (χ1v) is 4.15. The summed E-state index contributed by atoms with van der Waals surface area (Å²) in [6.45, 7) is 3.23. The lowest BCUT2D eigenvalue weighted by Crippen LogP contribution is -2.39. The monoisotopic (exact) mass is 188 g/mol. The van der Waals surface area contributed by atoms with Gasteiger partial charge in [-0.2, -0.15) is 5.01 Å². The molecule has 0 aromatic carbocycles. The summed E-state index contributed by atoms with van der Waals surface area (Å²) in [7, 11) is 3.81. The number of amides is 2. The van der Waals surface area contributed by atoms with E-state index < -0.39 is 6.03 Å². The third-order valence-electron chi connectivity index (χ3n) is 1.47. The van der Waals surface area contributed by atoms with Crippen molar-refractivity contribution in [3.05, 3.63) is 4.91 Å². The van der Waals surface area contributed by atoms with Gasteiger partial charge in [0.2, 0.25) is 0 Å². The molecule has 0 saturated heterocycles. The summed E-state index contributed by atoms with van der Waals surface area (Å²) in [5.41, 5.74) is 0. The minimum absolute atomic E-state index is 0.289. The van der Waals surface area contributed by atoms with Crippen LogP contribution in [0.5, 0.6) is 0 Å². The van der Waals surface area contributed by atoms with Crippen molar-refractivity contribution in [1.82, 2.24) is 15.2 Å². The molecule has 0 aromatic rings. The van der Waals surface area contributed by atoms with Gasteiger partial charge in [0.25, 0.3) is 0 Å². The molecule has 0 aliphatic carbocycles. The summed E-state index contributed by atoms with van der Waals surface area (Å²) >= 11 is 0. The zero-order valence-corrected chi connectivity index (χ0v) is 8.28. The molecule has 0 unspecified atom stereocenters. The average molecular weight is 188 g/mol. The van der Waals surface area contributed by atoms with Gasteiger partial charge in [0.1, 0.15) is 0 Å². The molecule has 2 amide bonds. The van der Waals surface area contributed by atoms with Gasteiger partial charge < -0.3 is 10.2 Å². The van der Waals surface area contributed by atoms with Gasteiger partial charge in [-0.1, -0.05) is 0 Å². The van der Waals surface area contributed by atoms with Gasteiger partial charge in [-0.3, -0.25) is 0 Å². The first kappa shape index (κ1) is 11.8. The Balaban J connectivity index is 3.66. The Morgan fingerprint density at radius 1 is 1.46 bits per heavy atom. The number of hydrogen-bond acceptors (Lipinski definition) is 4. The maximum Gasteiger partial charge on any atom is 0.340 e. The summed E-state index contributed by atoms with van der Waals surface area (Å²) in [5, 5.41) is 5.97. The fourth-order valence-electron chi connectivity index (χ4n) is 0.716. The van der Waals surface area contributed by atoms with Crippen LogP contribution in [0, 0.1) is 4.91 Å². The van der Waals surface area contributed by atoms with Gasteiger partial charge in [0, 0.05) is 19.6 Å². The molecule has 0 aromatic heterocycles. The minimum Gasteiger partial charge on any atom is -0.335 e. The van der Waals surface area contributed by atoms with E-state index >= 15 is 0 Å². The molecule has 6 heteroatoms. The van der Waals surface area contributed by atoms with Crippen LogP contribution in [0.2, 0.25) is 0 Å². The van der Waals surface area contributed by atoms with Crippen LogP contribution in [0.3, 0.4) is 0 Å². The highest BCUT2D eigenvalue weighted by Gasteiger charge is 2.09. The average Bonchev–Trinajstić information content (AvgIpc) is 2.05. The van der Waals surface area contributed by atoms with E-state index in [1.807, 2.05) is 19.0 Å². The molecular weight excluding hydrogens is 172 g/mol. The predicted octanol–water partition coefficient (Wildman–Crippen LogP) is 0.261.